The van der Waals surface area contributed by atoms with Crippen LogP contribution < -0.4 is 5.32 Å². The molecule has 0 saturated carbocycles. The Morgan fingerprint density at radius 2 is 1.87 bits per heavy atom. The number of likely N-dealkylation sites (tertiary alicyclic amines) is 1. The number of hydrogen-bond acceptors (Lipinski definition) is 2. The van der Waals surface area contributed by atoms with Gasteiger partial charge in [-0.15, -0.1) is 0 Å². The first-order valence-electron chi connectivity index (χ1n) is 5.83. The van der Waals surface area contributed by atoms with E-state index in [4.69, 9.17) is 0 Å². The fourth-order valence-electron chi connectivity index (χ4n) is 2.00. The molecule has 1 heterocycles. The van der Waals surface area contributed by atoms with Crippen LogP contribution >= 0.6 is 0 Å². The lowest BCUT2D eigenvalue weighted by Gasteiger charge is -2.40. The summed E-state index contributed by atoms with van der Waals surface area (Å²) >= 11 is 0. The van der Waals surface area contributed by atoms with Gasteiger partial charge in [-0.1, -0.05) is 33.4 Å². The van der Waals surface area contributed by atoms with Crippen LogP contribution in [0.4, 0.5) is 0 Å². The average molecular weight is 208 g/mol. The molecule has 0 aromatic carbocycles. The van der Waals surface area contributed by atoms with Gasteiger partial charge in [0, 0.05) is 18.8 Å². The highest BCUT2D eigenvalue weighted by Crippen LogP contribution is 2.34. The smallest absolute Gasteiger partial charge is 0.0980 e. The van der Waals surface area contributed by atoms with Gasteiger partial charge in [-0.05, 0) is 25.2 Å². The topological polar surface area (TPSA) is 15.3 Å². The van der Waals surface area contributed by atoms with E-state index in [1.807, 2.05) is 6.92 Å². The molecule has 1 N–H and O–H groups in total. The zero-order chi connectivity index (χ0) is 11.5. The first kappa shape index (κ1) is 12.2. The summed E-state index contributed by atoms with van der Waals surface area (Å²) < 4.78 is 0. The molecule has 1 fully saturated rings. The Morgan fingerprint density at radius 3 is 2.27 bits per heavy atom. The normalized spacial score (nSPS) is 19.8. The van der Waals surface area contributed by atoms with Gasteiger partial charge >= 0.3 is 0 Å². The Kier molecular flexibility index (Phi) is 3.83. The summed E-state index contributed by atoms with van der Waals surface area (Å²) in [6, 6.07) is 0. The van der Waals surface area contributed by atoms with E-state index in [0.717, 1.165) is 24.6 Å². The van der Waals surface area contributed by atoms with Crippen molar-refractivity contribution in [1.82, 2.24) is 10.2 Å². The highest BCUT2D eigenvalue weighted by atomic mass is 15.2. The molecule has 0 spiro atoms. The van der Waals surface area contributed by atoms with Gasteiger partial charge in [0.05, 0.1) is 5.82 Å². The van der Waals surface area contributed by atoms with Crippen LogP contribution in [0.2, 0.25) is 0 Å². The molecule has 2 nitrogen and oxygen atoms in total. The third kappa shape index (κ3) is 3.29. The molecule has 0 bridgehead atoms. The molecule has 0 radical (unpaired) electrons. The second-order valence-electron chi connectivity index (χ2n) is 5.00. The molecule has 0 aromatic heterocycles. The van der Waals surface area contributed by atoms with Crippen LogP contribution in [0.15, 0.2) is 24.7 Å². The number of hydrogen-bond donors (Lipinski definition) is 1. The molecule has 0 aromatic rings. The zero-order valence-electron chi connectivity index (χ0n) is 10.4. The number of nitrogens with one attached hydrogen (secondary N) is 1. The van der Waals surface area contributed by atoms with Crippen LogP contribution in [0.5, 0.6) is 0 Å². The Labute approximate surface area is 94.0 Å². The van der Waals surface area contributed by atoms with Gasteiger partial charge < -0.3 is 10.2 Å². The van der Waals surface area contributed by atoms with E-state index in [0.29, 0.717) is 5.41 Å². The van der Waals surface area contributed by atoms with Crippen LogP contribution in [0.25, 0.3) is 0 Å². The quantitative estimate of drug-likeness (QED) is 0.763. The van der Waals surface area contributed by atoms with Crippen molar-refractivity contribution < 1.29 is 0 Å². The van der Waals surface area contributed by atoms with Crippen molar-refractivity contribution in [1.29, 1.82) is 0 Å². The van der Waals surface area contributed by atoms with E-state index >= 15 is 0 Å². The molecule has 0 aliphatic carbocycles. The number of piperidine rings is 1. The molecule has 15 heavy (non-hydrogen) atoms. The van der Waals surface area contributed by atoms with Crippen LogP contribution in [-0.2, 0) is 0 Å². The number of nitrogens with zero attached hydrogens (tertiary/aromatic N) is 1. The molecule has 0 unspecified atom stereocenters. The van der Waals surface area contributed by atoms with E-state index in [1.54, 1.807) is 0 Å². The summed E-state index contributed by atoms with van der Waals surface area (Å²) in [6.45, 7) is 16.8. The van der Waals surface area contributed by atoms with E-state index in [1.165, 1.54) is 19.3 Å². The maximum Gasteiger partial charge on any atom is 0.0980 e. The fraction of sp³-hybridized carbons (Fsp3) is 0.692. The molecule has 0 atom stereocenters. The van der Waals surface area contributed by atoms with Gasteiger partial charge in [0.2, 0.25) is 0 Å². The highest BCUT2D eigenvalue weighted by Gasteiger charge is 2.28. The van der Waals surface area contributed by atoms with Gasteiger partial charge in [-0.25, -0.2) is 0 Å². The van der Waals surface area contributed by atoms with Crippen molar-refractivity contribution in [3.63, 3.8) is 0 Å². The average Bonchev–Trinajstić information content (AvgIpc) is 2.18. The SMILES string of the molecule is C=C(C)NC(=C)N1CCC(C)(CC)CC1. The third-order valence-electron chi connectivity index (χ3n) is 3.56. The Hall–Kier alpha value is -0.920. The molecular formula is C13H24N2. The van der Waals surface area contributed by atoms with E-state index in [-0.39, 0.29) is 0 Å². The highest BCUT2D eigenvalue weighted by molar-refractivity contribution is 5.03. The van der Waals surface area contributed by atoms with Crippen molar-refractivity contribution in [3.05, 3.63) is 24.7 Å². The molecule has 1 aliphatic heterocycles. The first-order chi connectivity index (χ1) is 6.97. The molecule has 1 saturated heterocycles. The summed E-state index contributed by atoms with van der Waals surface area (Å²) in [5, 5.41) is 3.19. The minimum Gasteiger partial charge on any atom is -0.359 e. The van der Waals surface area contributed by atoms with Crippen LogP contribution in [-0.4, -0.2) is 18.0 Å². The summed E-state index contributed by atoms with van der Waals surface area (Å²) in [5.41, 5.74) is 1.50. The number of rotatable bonds is 4. The first-order valence-corrected chi connectivity index (χ1v) is 5.83. The maximum atomic E-state index is 4.05. The van der Waals surface area contributed by atoms with Crippen molar-refractivity contribution in [3.8, 4) is 0 Å². The summed E-state index contributed by atoms with van der Waals surface area (Å²) in [6.07, 6.45) is 3.81. The Balaban J connectivity index is 2.43. The van der Waals surface area contributed by atoms with Gasteiger partial charge in [0.25, 0.3) is 0 Å². The van der Waals surface area contributed by atoms with Crippen molar-refractivity contribution in [2.75, 3.05) is 13.1 Å². The predicted molar refractivity (Wildman–Crippen MR) is 66.3 cm³/mol. The fourth-order valence-corrected chi connectivity index (χ4v) is 2.00. The summed E-state index contributed by atoms with van der Waals surface area (Å²) in [7, 11) is 0. The van der Waals surface area contributed by atoms with Gasteiger partial charge in [-0.3, -0.25) is 0 Å². The molecular weight excluding hydrogens is 184 g/mol. The maximum absolute atomic E-state index is 4.05. The summed E-state index contributed by atoms with van der Waals surface area (Å²) in [4.78, 5) is 2.33. The van der Waals surface area contributed by atoms with Crippen LogP contribution in [0, 0.1) is 5.41 Å². The minimum absolute atomic E-state index is 0.542. The number of allylic oxidation sites excluding steroid dienone is 1. The monoisotopic (exact) mass is 208 g/mol. The molecule has 1 aliphatic rings. The summed E-state index contributed by atoms with van der Waals surface area (Å²) in [5.74, 6) is 1.00. The van der Waals surface area contributed by atoms with Gasteiger partial charge in [0.1, 0.15) is 0 Å². The van der Waals surface area contributed by atoms with Crippen molar-refractivity contribution >= 4 is 0 Å². The van der Waals surface area contributed by atoms with Crippen molar-refractivity contribution in [2.45, 2.75) is 40.0 Å². The standard InChI is InChI=1S/C13H24N2/c1-6-13(5)7-9-15(10-8-13)12(4)14-11(2)3/h14H,2,4,6-10H2,1,3,5H3. The third-order valence-corrected chi connectivity index (χ3v) is 3.56. The van der Waals surface area contributed by atoms with Crippen molar-refractivity contribution in [2.24, 2.45) is 5.41 Å². The predicted octanol–water partition coefficient (Wildman–Crippen LogP) is 3.09. The Bertz CT molecular complexity index is 247. The second kappa shape index (κ2) is 4.73. The Morgan fingerprint density at radius 1 is 1.33 bits per heavy atom. The lowest BCUT2D eigenvalue weighted by molar-refractivity contribution is 0.136. The van der Waals surface area contributed by atoms with Crippen LogP contribution in [0.1, 0.15) is 40.0 Å². The van der Waals surface area contributed by atoms with Crippen LogP contribution in [0.3, 0.4) is 0 Å². The lowest BCUT2D eigenvalue weighted by Crippen LogP contribution is -2.40. The van der Waals surface area contributed by atoms with E-state index in [2.05, 4.69) is 37.2 Å². The zero-order valence-corrected chi connectivity index (χ0v) is 10.4. The molecule has 0 amide bonds. The van der Waals surface area contributed by atoms with Gasteiger partial charge in [-0.2, -0.15) is 0 Å². The molecule has 1 rings (SSSR count). The van der Waals surface area contributed by atoms with E-state index < -0.39 is 0 Å². The van der Waals surface area contributed by atoms with Gasteiger partial charge in [0.15, 0.2) is 0 Å². The molecule has 86 valence electrons. The second-order valence-corrected chi connectivity index (χ2v) is 5.00. The molecule has 2 heteroatoms. The van der Waals surface area contributed by atoms with E-state index in [9.17, 15) is 0 Å². The largest absolute Gasteiger partial charge is 0.359 e. The minimum atomic E-state index is 0.542. The lowest BCUT2D eigenvalue weighted by atomic mass is 9.78.